The fourth-order valence-electron chi connectivity index (χ4n) is 1.78. The van der Waals surface area contributed by atoms with E-state index in [2.05, 4.69) is 42.5 Å². The van der Waals surface area contributed by atoms with Crippen molar-refractivity contribution >= 4 is 49.4 Å². The van der Waals surface area contributed by atoms with Crippen LogP contribution in [0.3, 0.4) is 0 Å². The van der Waals surface area contributed by atoms with Gasteiger partial charge >= 0.3 is 0 Å². The molecule has 2 aromatic carbocycles. The van der Waals surface area contributed by atoms with Gasteiger partial charge in [-0.15, -0.1) is 0 Å². The third kappa shape index (κ3) is 5.27. The Morgan fingerprint density at radius 3 is 2.36 bits per heavy atom. The molecule has 0 aliphatic rings. The van der Waals surface area contributed by atoms with E-state index >= 15 is 0 Å². The van der Waals surface area contributed by atoms with Crippen molar-refractivity contribution in [2.75, 3.05) is 11.9 Å². The molecule has 22 heavy (non-hydrogen) atoms. The number of nitrogens with one attached hydrogen (secondary N) is 2. The Kier molecular flexibility index (Phi) is 6.15. The summed E-state index contributed by atoms with van der Waals surface area (Å²) in [6, 6.07) is 14.4. The smallest absolute Gasteiger partial charge is 0.251 e. The second kappa shape index (κ2) is 8.10. The molecule has 0 atom stereocenters. The van der Waals surface area contributed by atoms with Crippen LogP contribution in [0.25, 0.3) is 0 Å². The predicted octanol–water partition coefficient (Wildman–Crippen LogP) is 3.97. The minimum absolute atomic E-state index is 0.144. The van der Waals surface area contributed by atoms with Gasteiger partial charge in [-0.2, -0.15) is 0 Å². The van der Waals surface area contributed by atoms with Crippen molar-refractivity contribution in [3.05, 3.63) is 63.0 Å². The molecule has 2 rings (SSSR count). The summed E-state index contributed by atoms with van der Waals surface area (Å²) in [6.45, 7) is 0.286. The number of benzene rings is 2. The van der Waals surface area contributed by atoms with Crippen molar-refractivity contribution in [3.63, 3.8) is 0 Å². The van der Waals surface area contributed by atoms with E-state index < -0.39 is 0 Å². The number of hydrogen-bond donors (Lipinski definition) is 2. The summed E-state index contributed by atoms with van der Waals surface area (Å²) in [5, 5.41) is 5.50. The number of halogens is 2. The van der Waals surface area contributed by atoms with E-state index in [-0.39, 0.29) is 24.8 Å². The Hall–Kier alpha value is -1.66. The molecule has 4 nitrogen and oxygen atoms in total. The van der Waals surface area contributed by atoms with Gasteiger partial charge in [0.2, 0.25) is 5.91 Å². The highest BCUT2D eigenvalue weighted by Gasteiger charge is 2.07. The molecule has 0 radical (unpaired) electrons. The van der Waals surface area contributed by atoms with Gasteiger partial charge < -0.3 is 10.6 Å². The Morgan fingerprint density at radius 2 is 1.68 bits per heavy atom. The zero-order valence-corrected chi connectivity index (χ0v) is 14.8. The summed E-state index contributed by atoms with van der Waals surface area (Å²) in [5.41, 5.74) is 1.29. The monoisotopic (exact) mass is 424 g/mol. The Balaban J connectivity index is 1.77. The molecule has 0 spiro atoms. The summed E-state index contributed by atoms with van der Waals surface area (Å²) in [6.07, 6.45) is 0.217. The van der Waals surface area contributed by atoms with Gasteiger partial charge in [-0.25, -0.2) is 0 Å². The number of carbonyl (C=O) groups is 2. The first-order chi connectivity index (χ1) is 10.5. The quantitative estimate of drug-likeness (QED) is 0.761. The van der Waals surface area contributed by atoms with E-state index in [1.807, 2.05) is 24.3 Å². The standard InChI is InChI=1S/C16H14Br2N2O2/c17-12-6-4-11(5-7-12)16(22)19-9-8-15(21)20-14-3-1-2-13(18)10-14/h1-7,10H,8-9H2,(H,19,22)(H,20,21). The maximum Gasteiger partial charge on any atom is 0.251 e. The fourth-order valence-corrected chi connectivity index (χ4v) is 2.45. The number of amides is 2. The minimum atomic E-state index is -0.192. The van der Waals surface area contributed by atoms with E-state index in [9.17, 15) is 9.59 Å². The molecule has 0 unspecified atom stereocenters. The van der Waals surface area contributed by atoms with Gasteiger partial charge in [-0.05, 0) is 42.5 Å². The van der Waals surface area contributed by atoms with Crippen molar-refractivity contribution in [2.24, 2.45) is 0 Å². The van der Waals surface area contributed by atoms with E-state index in [1.54, 1.807) is 24.3 Å². The largest absolute Gasteiger partial charge is 0.352 e. The zero-order valence-electron chi connectivity index (χ0n) is 11.6. The fraction of sp³-hybridized carbons (Fsp3) is 0.125. The molecule has 2 amide bonds. The highest BCUT2D eigenvalue weighted by Crippen LogP contribution is 2.15. The van der Waals surface area contributed by atoms with Crippen molar-refractivity contribution in [2.45, 2.75) is 6.42 Å². The van der Waals surface area contributed by atoms with Gasteiger partial charge in [-0.1, -0.05) is 37.9 Å². The van der Waals surface area contributed by atoms with Gasteiger partial charge in [0.25, 0.3) is 5.91 Å². The van der Waals surface area contributed by atoms with Gasteiger partial charge in [-0.3, -0.25) is 9.59 Å². The van der Waals surface area contributed by atoms with Gasteiger partial charge in [0.15, 0.2) is 0 Å². The molecule has 0 aliphatic heterocycles. The summed E-state index contributed by atoms with van der Waals surface area (Å²) in [4.78, 5) is 23.7. The van der Waals surface area contributed by atoms with E-state index in [4.69, 9.17) is 0 Å². The van der Waals surface area contributed by atoms with Crippen molar-refractivity contribution in [3.8, 4) is 0 Å². The zero-order chi connectivity index (χ0) is 15.9. The second-order valence-corrected chi connectivity index (χ2v) is 6.40. The topological polar surface area (TPSA) is 58.2 Å². The number of hydrogen-bond acceptors (Lipinski definition) is 2. The molecule has 0 heterocycles. The second-order valence-electron chi connectivity index (χ2n) is 4.57. The lowest BCUT2D eigenvalue weighted by atomic mass is 10.2. The third-order valence-corrected chi connectivity index (χ3v) is 3.87. The molecule has 2 aromatic rings. The molecule has 114 valence electrons. The molecule has 0 fully saturated rings. The SMILES string of the molecule is O=C(CCNC(=O)c1ccc(Br)cc1)Nc1cccc(Br)c1. The molecule has 6 heteroatoms. The Morgan fingerprint density at radius 1 is 0.955 bits per heavy atom. The highest BCUT2D eigenvalue weighted by atomic mass is 79.9. The molecule has 0 saturated heterocycles. The van der Waals surface area contributed by atoms with Crippen LogP contribution in [0.15, 0.2) is 57.5 Å². The average Bonchev–Trinajstić information content (AvgIpc) is 2.47. The lowest BCUT2D eigenvalue weighted by Crippen LogP contribution is -2.27. The number of rotatable bonds is 5. The first kappa shape index (κ1) is 16.7. The lowest BCUT2D eigenvalue weighted by molar-refractivity contribution is -0.116. The Bertz CT molecular complexity index is 672. The van der Waals surface area contributed by atoms with E-state index in [0.717, 1.165) is 14.6 Å². The molecular formula is C16H14Br2N2O2. The summed E-state index contributed by atoms with van der Waals surface area (Å²) < 4.78 is 1.81. The summed E-state index contributed by atoms with van der Waals surface area (Å²) in [5.74, 6) is -0.336. The first-order valence-electron chi connectivity index (χ1n) is 6.64. The maximum absolute atomic E-state index is 11.9. The van der Waals surface area contributed by atoms with Crippen LogP contribution in [0.2, 0.25) is 0 Å². The van der Waals surface area contributed by atoms with Crippen LogP contribution in [0, 0.1) is 0 Å². The van der Waals surface area contributed by atoms with Crippen molar-refractivity contribution in [1.82, 2.24) is 5.32 Å². The van der Waals surface area contributed by atoms with Crippen LogP contribution >= 0.6 is 31.9 Å². The average molecular weight is 426 g/mol. The predicted molar refractivity (Wildman–Crippen MR) is 93.9 cm³/mol. The van der Waals surface area contributed by atoms with Crippen LogP contribution in [0.1, 0.15) is 16.8 Å². The molecular weight excluding hydrogens is 412 g/mol. The van der Waals surface area contributed by atoms with Crippen LogP contribution < -0.4 is 10.6 Å². The number of carbonyl (C=O) groups excluding carboxylic acids is 2. The highest BCUT2D eigenvalue weighted by molar-refractivity contribution is 9.10. The van der Waals surface area contributed by atoms with Crippen LogP contribution in [-0.4, -0.2) is 18.4 Å². The van der Waals surface area contributed by atoms with Gasteiger partial charge in [0.05, 0.1) is 0 Å². The van der Waals surface area contributed by atoms with Gasteiger partial charge in [0, 0.05) is 33.2 Å². The van der Waals surface area contributed by atoms with Crippen LogP contribution in [0.5, 0.6) is 0 Å². The molecule has 2 N–H and O–H groups in total. The van der Waals surface area contributed by atoms with Crippen LogP contribution in [0.4, 0.5) is 5.69 Å². The minimum Gasteiger partial charge on any atom is -0.352 e. The lowest BCUT2D eigenvalue weighted by Gasteiger charge is -2.07. The normalized spacial score (nSPS) is 10.1. The van der Waals surface area contributed by atoms with Crippen molar-refractivity contribution in [1.29, 1.82) is 0 Å². The number of anilines is 1. The summed E-state index contributed by atoms with van der Waals surface area (Å²) >= 11 is 6.66. The first-order valence-corrected chi connectivity index (χ1v) is 8.22. The van der Waals surface area contributed by atoms with Crippen LogP contribution in [-0.2, 0) is 4.79 Å². The third-order valence-electron chi connectivity index (χ3n) is 2.85. The molecule has 0 saturated carbocycles. The summed E-state index contributed by atoms with van der Waals surface area (Å²) in [7, 11) is 0. The van der Waals surface area contributed by atoms with Crippen molar-refractivity contribution < 1.29 is 9.59 Å². The van der Waals surface area contributed by atoms with E-state index in [0.29, 0.717) is 5.56 Å². The Labute approximate surface area is 145 Å². The molecule has 0 bridgehead atoms. The van der Waals surface area contributed by atoms with E-state index in [1.165, 1.54) is 0 Å². The maximum atomic E-state index is 11.9. The molecule has 0 aliphatic carbocycles. The molecule has 0 aromatic heterocycles. The van der Waals surface area contributed by atoms with Gasteiger partial charge in [0.1, 0.15) is 0 Å².